The van der Waals surface area contributed by atoms with Crippen LogP contribution < -0.4 is 38.5 Å². The van der Waals surface area contributed by atoms with Crippen molar-refractivity contribution >= 4 is 20.6 Å². The predicted molar refractivity (Wildman–Crippen MR) is 234 cm³/mol. The molecule has 0 spiro atoms. The first-order valence-corrected chi connectivity index (χ1v) is 20.5. The number of nitrogens with one attached hydrogen (secondary N) is 1. The first-order valence-electron chi connectivity index (χ1n) is 20.5. The van der Waals surface area contributed by atoms with Crippen LogP contribution in [0, 0.1) is 0 Å². The fourth-order valence-corrected chi connectivity index (χ4v) is 8.90. The molecule has 0 saturated heterocycles. The third-order valence-electron chi connectivity index (χ3n) is 11.8. The quantitative estimate of drug-likeness (QED) is 0.118. The molecular formula is C47H56BN4O10. The number of hydrogen-bond donors (Lipinski definition) is 2. The number of hydrogen-bond acceptors (Lipinski definition) is 13. The van der Waals surface area contributed by atoms with Crippen molar-refractivity contribution in [3.63, 3.8) is 0 Å². The second-order valence-corrected chi connectivity index (χ2v) is 16.2. The standard InChI is InChI=1S/C23H26N2O5.C19H19NO4.C4H7NO.CH4.B/c1-13(2)24-23(26)30-22-17-11-25-7-6-15-9-20-21(29-12-28-20)10-16(15)18(25)8-14(17)4-5-19(22)27-3;1-22-16-3-2-11-6-15-13-8-18-17(23-10-24-18)7-12(13)4-5-20(15)9-14(11)19(16)21;1-4(2)5-3-6;;/h4-5,9-10,13,18H,6-8,11-12H2,1-3H3,(H,24,26);2-3,7-8,15,21H,4-6,9-10H2,1H3;4H,1-2H3;1H4;. The SMILES string of the molecule is C.CC(C)N=C=O.COc1ccc2c(c1O)CN1CCc3cc4c(cc3C1C2)OCO4.COc1ccc2c(c1OC(=O)NC(C)C)CN1CCc3cc4c(cc3C1C2)OCO4.[B]. The van der Waals surface area contributed by atoms with Crippen LogP contribution in [0.5, 0.6) is 46.0 Å². The van der Waals surface area contributed by atoms with Gasteiger partial charge in [-0.2, -0.15) is 0 Å². The van der Waals surface area contributed by atoms with E-state index in [1.54, 1.807) is 14.2 Å². The second kappa shape index (κ2) is 19.4. The van der Waals surface area contributed by atoms with Gasteiger partial charge in [-0.1, -0.05) is 19.6 Å². The third kappa shape index (κ3) is 9.16. The lowest BCUT2D eigenvalue weighted by Crippen LogP contribution is -2.40. The van der Waals surface area contributed by atoms with Gasteiger partial charge in [0.25, 0.3) is 0 Å². The van der Waals surface area contributed by atoms with E-state index in [2.05, 4.69) is 56.5 Å². The third-order valence-corrected chi connectivity index (χ3v) is 11.8. The van der Waals surface area contributed by atoms with Crippen molar-refractivity contribution in [2.45, 2.75) is 98.1 Å². The number of benzene rings is 4. The van der Waals surface area contributed by atoms with Gasteiger partial charge in [-0.3, -0.25) is 9.80 Å². The molecule has 3 radical (unpaired) electrons. The predicted octanol–water partition coefficient (Wildman–Crippen LogP) is 7.35. The van der Waals surface area contributed by atoms with Crippen LogP contribution in [-0.2, 0) is 43.6 Å². The molecule has 10 rings (SSSR count). The number of phenols is 1. The molecule has 0 fully saturated rings. The van der Waals surface area contributed by atoms with Crippen LogP contribution in [0.3, 0.4) is 0 Å². The summed E-state index contributed by atoms with van der Waals surface area (Å²) in [6.45, 7) is 11.4. The monoisotopic (exact) mass is 847 g/mol. The van der Waals surface area contributed by atoms with Gasteiger partial charge in [-0.25, -0.2) is 14.6 Å². The Kier molecular flexibility index (Phi) is 14.3. The van der Waals surface area contributed by atoms with Crippen LogP contribution in [0.25, 0.3) is 0 Å². The van der Waals surface area contributed by atoms with E-state index in [1.807, 2.05) is 39.8 Å². The highest BCUT2D eigenvalue weighted by Crippen LogP contribution is 2.48. The minimum Gasteiger partial charge on any atom is -0.504 e. The van der Waals surface area contributed by atoms with Gasteiger partial charge in [-0.15, -0.1) is 0 Å². The van der Waals surface area contributed by atoms with Crippen LogP contribution in [0.2, 0.25) is 0 Å². The fraction of sp³-hybridized carbons (Fsp3) is 0.447. The van der Waals surface area contributed by atoms with Crippen molar-refractivity contribution in [1.29, 1.82) is 0 Å². The molecule has 327 valence electrons. The zero-order valence-electron chi connectivity index (χ0n) is 35.5. The molecule has 2 N–H and O–H groups in total. The summed E-state index contributed by atoms with van der Waals surface area (Å²) >= 11 is 0. The maximum atomic E-state index is 12.3. The number of methoxy groups -OCH3 is 2. The molecule has 1 amide bonds. The summed E-state index contributed by atoms with van der Waals surface area (Å²) in [6, 6.07) is 17.1. The average molecular weight is 848 g/mol. The molecule has 4 aromatic rings. The topological polar surface area (TPSA) is 150 Å². The summed E-state index contributed by atoms with van der Waals surface area (Å²) in [6.07, 6.45) is 4.65. The Morgan fingerprint density at radius 3 is 1.71 bits per heavy atom. The minimum atomic E-state index is -0.462. The smallest absolute Gasteiger partial charge is 0.412 e. The maximum Gasteiger partial charge on any atom is 0.412 e. The average Bonchev–Trinajstić information content (AvgIpc) is 3.90. The van der Waals surface area contributed by atoms with Gasteiger partial charge in [0, 0.05) is 63.8 Å². The molecule has 0 saturated carbocycles. The van der Waals surface area contributed by atoms with E-state index in [4.69, 9.17) is 33.2 Å². The largest absolute Gasteiger partial charge is 0.504 e. The Balaban J connectivity index is 0.000000181. The lowest BCUT2D eigenvalue weighted by atomic mass is 9.83. The molecule has 0 aromatic heterocycles. The highest BCUT2D eigenvalue weighted by Gasteiger charge is 2.37. The van der Waals surface area contributed by atoms with E-state index >= 15 is 0 Å². The van der Waals surface area contributed by atoms with Crippen molar-refractivity contribution in [2.75, 3.05) is 40.9 Å². The molecule has 6 aliphatic rings. The Hall–Kier alpha value is -5.89. The number of isocyanates is 1. The van der Waals surface area contributed by atoms with E-state index < -0.39 is 6.09 Å². The minimum absolute atomic E-state index is 0. The first-order chi connectivity index (χ1) is 29.0. The van der Waals surface area contributed by atoms with Crippen LogP contribution in [-0.4, -0.2) is 88.5 Å². The van der Waals surface area contributed by atoms with Gasteiger partial charge in [0.2, 0.25) is 19.7 Å². The van der Waals surface area contributed by atoms with Gasteiger partial charge < -0.3 is 43.6 Å². The molecule has 14 nitrogen and oxygen atoms in total. The van der Waals surface area contributed by atoms with E-state index in [0.717, 1.165) is 79.4 Å². The van der Waals surface area contributed by atoms with Gasteiger partial charge in [0.05, 0.1) is 20.3 Å². The highest BCUT2D eigenvalue weighted by atomic mass is 16.7. The van der Waals surface area contributed by atoms with Crippen LogP contribution in [0.15, 0.2) is 53.5 Å². The summed E-state index contributed by atoms with van der Waals surface area (Å²) in [5, 5.41) is 13.2. The molecule has 4 aromatic carbocycles. The molecule has 0 aliphatic carbocycles. The number of carbonyl (C=O) groups excluding carboxylic acids is 2. The number of rotatable bonds is 5. The maximum absolute atomic E-state index is 12.3. The first kappa shape index (κ1) is 45.6. The molecule has 62 heavy (non-hydrogen) atoms. The molecule has 6 aliphatic heterocycles. The number of amides is 1. The number of fused-ring (bicyclic) bond motifs is 10. The van der Waals surface area contributed by atoms with E-state index in [-0.39, 0.29) is 46.5 Å². The lowest BCUT2D eigenvalue weighted by Gasteiger charge is -2.42. The zero-order valence-corrected chi connectivity index (χ0v) is 35.5. The summed E-state index contributed by atoms with van der Waals surface area (Å²) in [5.74, 6) is 5.30. The summed E-state index contributed by atoms with van der Waals surface area (Å²) in [4.78, 5) is 29.8. The summed E-state index contributed by atoms with van der Waals surface area (Å²) in [7, 11) is 3.19. The van der Waals surface area contributed by atoms with Gasteiger partial charge in [0.1, 0.15) is 0 Å². The van der Waals surface area contributed by atoms with Crippen LogP contribution in [0.1, 0.15) is 91.7 Å². The normalized spacial score (nSPS) is 18.1. The van der Waals surface area contributed by atoms with Crippen molar-refractivity contribution in [3.05, 3.63) is 93.0 Å². The number of phenolic OH excluding ortho intramolecular Hbond substituents is 1. The molecular weight excluding hydrogens is 791 g/mol. The molecule has 0 bridgehead atoms. The summed E-state index contributed by atoms with van der Waals surface area (Å²) < 4.78 is 38.7. The van der Waals surface area contributed by atoms with Crippen molar-refractivity contribution in [2.24, 2.45) is 4.99 Å². The Morgan fingerprint density at radius 1 is 0.758 bits per heavy atom. The van der Waals surface area contributed by atoms with E-state index in [1.165, 1.54) is 39.5 Å². The molecule has 15 heteroatoms. The Labute approximate surface area is 365 Å². The van der Waals surface area contributed by atoms with Crippen LogP contribution in [0.4, 0.5) is 4.79 Å². The number of nitrogens with zero attached hydrogens (tertiary/aromatic N) is 3. The van der Waals surface area contributed by atoms with Gasteiger partial charge in [0.15, 0.2) is 46.0 Å². The van der Waals surface area contributed by atoms with Crippen molar-refractivity contribution in [3.8, 4) is 46.0 Å². The van der Waals surface area contributed by atoms with E-state index in [9.17, 15) is 14.7 Å². The zero-order chi connectivity index (χ0) is 42.1. The Morgan fingerprint density at radius 2 is 1.24 bits per heavy atom. The van der Waals surface area contributed by atoms with Crippen LogP contribution >= 0.6 is 0 Å². The van der Waals surface area contributed by atoms with Gasteiger partial charge in [-0.05, 0) is 123 Å². The molecule has 2 unspecified atom stereocenters. The number of aromatic hydroxyl groups is 1. The summed E-state index contributed by atoms with van der Waals surface area (Å²) in [5.41, 5.74) is 9.68. The lowest BCUT2D eigenvalue weighted by molar-refractivity contribution is 0.155. The molecule has 2 atom stereocenters. The fourth-order valence-electron chi connectivity index (χ4n) is 8.90. The Bertz CT molecular complexity index is 2330. The highest BCUT2D eigenvalue weighted by molar-refractivity contribution is 5.75. The second-order valence-electron chi connectivity index (χ2n) is 16.2. The van der Waals surface area contributed by atoms with Crippen molar-refractivity contribution < 1.29 is 47.9 Å². The number of ether oxygens (including phenoxy) is 7. The van der Waals surface area contributed by atoms with Crippen molar-refractivity contribution in [1.82, 2.24) is 15.1 Å². The number of carbonyl (C=O) groups is 1. The van der Waals surface area contributed by atoms with E-state index in [0.29, 0.717) is 36.6 Å². The van der Waals surface area contributed by atoms with Gasteiger partial charge >= 0.3 is 6.09 Å². The molecule has 6 heterocycles. The number of aliphatic imine (C=N–C) groups is 1.